The minimum Gasteiger partial charge on any atom is -0.366 e. The Labute approximate surface area is 106 Å². The standard InChI is InChI=1S/C14H16N2O2/c1-10-2-4-11(5-3-10)12(6-8-13(15)17)7-9-14(16)18/h2-9,12H,1H3,(H2,15,17)(H2,16,18). The molecule has 4 nitrogen and oxygen atoms in total. The molecule has 0 aliphatic rings. The summed E-state index contributed by atoms with van der Waals surface area (Å²) in [7, 11) is 0. The van der Waals surface area contributed by atoms with Crippen molar-refractivity contribution >= 4 is 11.8 Å². The van der Waals surface area contributed by atoms with E-state index in [4.69, 9.17) is 11.5 Å². The molecule has 0 aliphatic heterocycles. The Bertz CT molecular complexity index is 463. The summed E-state index contributed by atoms with van der Waals surface area (Å²) >= 11 is 0. The average Bonchev–Trinajstić information content (AvgIpc) is 2.30. The van der Waals surface area contributed by atoms with Gasteiger partial charge >= 0.3 is 0 Å². The zero-order valence-electron chi connectivity index (χ0n) is 10.2. The minimum atomic E-state index is -0.528. The lowest BCUT2D eigenvalue weighted by Crippen LogP contribution is -2.08. The van der Waals surface area contributed by atoms with Gasteiger partial charge in [0.25, 0.3) is 0 Å². The maximum absolute atomic E-state index is 10.7. The first kappa shape index (κ1) is 13.7. The number of nitrogens with two attached hydrogens (primary N) is 2. The molecule has 0 saturated carbocycles. The predicted molar refractivity (Wildman–Crippen MR) is 70.6 cm³/mol. The summed E-state index contributed by atoms with van der Waals surface area (Å²) in [4.78, 5) is 21.5. The zero-order chi connectivity index (χ0) is 13.5. The smallest absolute Gasteiger partial charge is 0.241 e. The van der Waals surface area contributed by atoms with E-state index in [1.807, 2.05) is 31.2 Å². The molecule has 0 saturated heterocycles. The van der Waals surface area contributed by atoms with Crippen molar-refractivity contribution in [2.45, 2.75) is 12.8 Å². The first-order valence-electron chi connectivity index (χ1n) is 5.51. The molecular weight excluding hydrogens is 228 g/mol. The molecule has 1 aromatic carbocycles. The van der Waals surface area contributed by atoms with Crippen LogP contribution in [0, 0.1) is 6.92 Å². The van der Waals surface area contributed by atoms with E-state index in [0.29, 0.717) is 0 Å². The summed E-state index contributed by atoms with van der Waals surface area (Å²) in [6, 6.07) is 7.77. The zero-order valence-corrected chi connectivity index (χ0v) is 10.2. The summed E-state index contributed by atoms with van der Waals surface area (Å²) in [6.07, 6.45) is 5.81. The third-order valence-electron chi connectivity index (χ3n) is 2.40. The number of aryl methyl sites for hydroxylation is 1. The van der Waals surface area contributed by atoms with E-state index in [1.54, 1.807) is 12.2 Å². The van der Waals surface area contributed by atoms with E-state index in [-0.39, 0.29) is 5.92 Å². The fraction of sp³-hybridized carbons (Fsp3) is 0.143. The molecule has 0 fully saturated rings. The van der Waals surface area contributed by atoms with Gasteiger partial charge in [-0.3, -0.25) is 9.59 Å². The second-order valence-electron chi connectivity index (χ2n) is 3.96. The molecule has 0 heterocycles. The molecule has 0 unspecified atom stereocenters. The molecule has 0 aliphatic carbocycles. The largest absolute Gasteiger partial charge is 0.366 e. The molecule has 0 bridgehead atoms. The summed E-state index contributed by atoms with van der Waals surface area (Å²) in [5, 5.41) is 0. The van der Waals surface area contributed by atoms with Crippen molar-refractivity contribution in [2.75, 3.05) is 0 Å². The Hall–Kier alpha value is -2.36. The molecule has 0 radical (unpaired) electrons. The Morgan fingerprint density at radius 2 is 1.44 bits per heavy atom. The van der Waals surface area contributed by atoms with Gasteiger partial charge in [-0.1, -0.05) is 42.0 Å². The maximum atomic E-state index is 10.7. The van der Waals surface area contributed by atoms with Crippen LogP contribution in [-0.4, -0.2) is 11.8 Å². The molecule has 94 valence electrons. The van der Waals surface area contributed by atoms with Crippen LogP contribution in [0.1, 0.15) is 17.0 Å². The number of amides is 2. The van der Waals surface area contributed by atoms with Crippen LogP contribution in [0.3, 0.4) is 0 Å². The van der Waals surface area contributed by atoms with E-state index in [9.17, 15) is 9.59 Å². The highest BCUT2D eigenvalue weighted by Gasteiger charge is 2.04. The van der Waals surface area contributed by atoms with Gasteiger partial charge in [0.05, 0.1) is 0 Å². The van der Waals surface area contributed by atoms with Gasteiger partial charge in [0.15, 0.2) is 0 Å². The summed E-state index contributed by atoms with van der Waals surface area (Å²) in [5.41, 5.74) is 12.2. The summed E-state index contributed by atoms with van der Waals surface area (Å²) in [6.45, 7) is 1.98. The van der Waals surface area contributed by atoms with Gasteiger partial charge in [-0.05, 0) is 24.6 Å². The van der Waals surface area contributed by atoms with Crippen LogP contribution < -0.4 is 11.5 Å². The fourth-order valence-corrected chi connectivity index (χ4v) is 1.47. The average molecular weight is 244 g/mol. The number of benzene rings is 1. The van der Waals surface area contributed by atoms with E-state index in [0.717, 1.165) is 11.1 Å². The predicted octanol–water partition coefficient (Wildman–Crippen LogP) is 1.16. The van der Waals surface area contributed by atoms with Crippen LogP contribution >= 0.6 is 0 Å². The molecule has 1 aromatic rings. The summed E-state index contributed by atoms with van der Waals surface area (Å²) < 4.78 is 0. The SMILES string of the molecule is Cc1ccc(C(C=CC(N)=O)C=CC(N)=O)cc1. The topological polar surface area (TPSA) is 86.2 Å². The van der Waals surface area contributed by atoms with Gasteiger partial charge in [0.1, 0.15) is 0 Å². The lowest BCUT2D eigenvalue weighted by Gasteiger charge is -2.08. The third-order valence-corrected chi connectivity index (χ3v) is 2.40. The summed E-state index contributed by atoms with van der Waals surface area (Å²) in [5.74, 6) is -1.26. The van der Waals surface area contributed by atoms with Crippen molar-refractivity contribution in [3.8, 4) is 0 Å². The number of primary amides is 2. The molecule has 0 spiro atoms. The Balaban J connectivity index is 2.99. The Morgan fingerprint density at radius 3 is 1.83 bits per heavy atom. The van der Waals surface area contributed by atoms with Gasteiger partial charge in [-0.2, -0.15) is 0 Å². The first-order valence-corrected chi connectivity index (χ1v) is 5.51. The molecule has 2 amide bonds. The van der Waals surface area contributed by atoms with E-state index >= 15 is 0 Å². The minimum absolute atomic E-state index is 0.203. The number of hydrogen-bond donors (Lipinski definition) is 2. The Kier molecular flexibility index (Phi) is 4.87. The van der Waals surface area contributed by atoms with Crippen molar-refractivity contribution in [2.24, 2.45) is 11.5 Å². The van der Waals surface area contributed by atoms with E-state index < -0.39 is 11.8 Å². The van der Waals surface area contributed by atoms with Crippen molar-refractivity contribution < 1.29 is 9.59 Å². The highest BCUT2D eigenvalue weighted by molar-refractivity contribution is 5.87. The number of allylic oxidation sites excluding steroid dienone is 2. The highest BCUT2D eigenvalue weighted by atomic mass is 16.1. The quantitative estimate of drug-likeness (QED) is 0.761. The first-order chi connectivity index (χ1) is 8.49. The second kappa shape index (κ2) is 6.39. The van der Waals surface area contributed by atoms with E-state index in [1.165, 1.54) is 12.2 Å². The van der Waals surface area contributed by atoms with Crippen LogP contribution in [-0.2, 0) is 9.59 Å². The number of carbonyl (C=O) groups is 2. The molecule has 18 heavy (non-hydrogen) atoms. The lowest BCUT2D eigenvalue weighted by molar-refractivity contribution is -0.114. The maximum Gasteiger partial charge on any atom is 0.241 e. The Morgan fingerprint density at radius 1 is 1.00 bits per heavy atom. The third kappa shape index (κ3) is 4.65. The highest BCUT2D eigenvalue weighted by Crippen LogP contribution is 2.19. The van der Waals surface area contributed by atoms with Crippen LogP contribution in [0.2, 0.25) is 0 Å². The van der Waals surface area contributed by atoms with Gasteiger partial charge in [-0.25, -0.2) is 0 Å². The lowest BCUT2D eigenvalue weighted by atomic mass is 9.97. The molecule has 0 aromatic heterocycles. The van der Waals surface area contributed by atoms with Gasteiger partial charge in [0, 0.05) is 5.92 Å². The van der Waals surface area contributed by atoms with Gasteiger partial charge in [-0.15, -0.1) is 0 Å². The monoisotopic (exact) mass is 244 g/mol. The van der Waals surface area contributed by atoms with Gasteiger partial charge in [0.2, 0.25) is 11.8 Å². The molecule has 0 atom stereocenters. The normalized spacial score (nSPS) is 12.9. The molecule has 1 rings (SSSR count). The van der Waals surface area contributed by atoms with Crippen molar-refractivity contribution in [1.82, 2.24) is 0 Å². The molecule has 4 N–H and O–H groups in total. The molecule has 4 heteroatoms. The van der Waals surface area contributed by atoms with Crippen LogP contribution in [0.15, 0.2) is 48.6 Å². The van der Waals surface area contributed by atoms with Crippen LogP contribution in [0.25, 0.3) is 0 Å². The van der Waals surface area contributed by atoms with E-state index in [2.05, 4.69) is 0 Å². The molecular formula is C14H16N2O2. The number of carbonyl (C=O) groups excluding carboxylic acids is 2. The van der Waals surface area contributed by atoms with Crippen LogP contribution in [0.4, 0.5) is 0 Å². The van der Waals surface area contributed by atoms with Gasteiger partial charge < -0.3 is 11.5 Å². The van der Waals surface area contributed by atoms with Crippen LogP contribution in [0.5, 0.6) is 0 Å². The number of rotatable bonds is 5. The fourth-order valence-electron chi connectivity index (χ4n) is 1.47. The van der Waals surface area contributed by atoms with Crippen molar-refractivity contribution in [1.29, 1.82) is 0 Å². The van der Waals surface area contributed by atoms with Crippen molar-refractivity contribution in [3.05, 3.63) is 59.7 Å². The second-order valence-corrected chi connectivity index (χ2v) is 3.96. The number of hydrogen-bond acceptors (Lipinski definition) is 2. The van der Waals surface area contributed by atoms with Crippen molar-refractivity contribution in [3.63, 3.8) is 0 Å².